The van der Waals surface area contributed by atoms with Gasteiger partial charge in [-0.2, -0.15) is 8.42 Å². The van der Waals surface area contributed by atoms with Crippen LogP contribution in [0.4, 0.5) is 0 Å². The lowest BCUT2D eigenvalue weighted by molar-refractivity contribution is -0.143. The molecule has 2 N–H and O–H groups in total. The summed E-state index contributed by atoms with van der Waals surface area (Å²) < 4.78 is 30.7. The molecular formula is C8H15NO5S. The standard InChI is InChI=1S/C8H15NO5S/c1-3-4-5-8(10)13-6-14-15(11,12)7(2)9/h4-5,7H,3,6,9H2,1-2H3. The minimum absolute atomic E-state index is 0.656. The second kappa shape index (κ2) is 6.54. The van der Waals surface area contributed by atoms with Crippen molar-refractivity contribution in [1.29, 1.82) is 0 Å². The molecule has 0 aliphatic heterocycles. The van der Waals surface area contributed by atoms with Gasteiger partial charge in [0.15, 0.2) is 0 Å². The molecule has 88 valence electrons. The Bertz CT molecular complexity index is 320. The first-order valence-corrected chi connectivity index (χ1v) is 5.84. The van der Waals surface area contributed by atoms with Gasteiger partial charge >= 0.3 is 5.97 Å². The molecule has 0 saturated carbocycles. The summed E-state index contributed by atoms with van der Waals surface area (Å²) in [5.41, 5.74) is 5.10. The van der Waals surface area contributed by atoms with Gasteiger partial charge < -0.3 is 10.5 Å². The van der Waals surface area contributed by atoms with Crippen LogP contribution >= 0.6 is 0 Å². The van der Waals surface area contributed by atoms with E-state index in [-0.39, 0.29) is 0 Å². The fourth-order valence-electron chi connectivity index (χ4n) is 0.519. The minimum atomic E-state index is -3.84. The van der Waals surface area contributed by atoms with E-state index >= 15 is 0 Å². The molecule has 0 fully saturated rings. The molecule has 0 heterocycles. The Kier molecular flexibility index (Phi) is 6.14. The van der Waals surface area contributed by atoms with Gasteiger partial charge in [0.05, 0.1) is 0 Å². The maximum absolute atomic E-state index is 11.0. The zero-order chi connectivity index (χ0) is 11.9. The topological polar surface area (TPSA) is 95.7 Å². The average Bonchev–Trinajstić information content (AvgIpc) is 2.14. The minimum Gasteiger partial charge on any atom is -0.434 e. The van der Waals surface area contributed by atoms with E-state index in [1.165, 1.54) is 13.0 Å². The van der Waals surface area contributed by atoms with E-state index in [4.69, 9.17) is 5.73 Å². The van der Waals surface area contributed by atoms with Crippen LogP contribution in [0.5, 0.6) is 0 Å². The van der Waals surface area contributed by atoms with Gasteiger partial charge in [-0.15, -0.1) is 0 Å². The van der Waals surface area contributed by atoms with Gasteiger partial charge in [0, 0.05) is 6.08 Å². The van der Waals surface area contributed by atoms with Gasteiger partial charge in [0.1, 0.15) is 5.37 Å². The van der Waals surface area contributed by atoms with Crippen molar-refractivity contribution in [2.75, 3.05) is 6.79 Å². The maximum atomic E-state index is 11.0. The molecule has 0 aliphatic rings. The second-order valence-corrected chi connectivity index (χ2v) is 4.67. The monoisotopic (exact) mass is 237 g/mol. The van der Waals surface area contributed by atoms with E-state index in [0.29, 0.717) is 6.42 Å². The number of hydrogen-bond donors (Lipinski definition) is 1. The van der Waals surface area contributed by atoms with Gasteiger partial charge in [0.2, 0.25) is 6.79 Å². The van der Waals surface area contributed by atoms with Crippen LogP contribution in [-0.2, 0) is 23.8 Å². The molecule has 0 aromatic rings. The van der Waals surface area contributed by atoms with Gasteiger partial charge in [0.25, 0.3) is 10.1 Å². The van der Waals surface area contributed by atoms with E-state index in [0.717, 1.165) is 0 Å². The first-order valence-electron chi connectivity index (χ1n) is 4.37. The van der Waals surface area contributed by atoms with Crippen molar-refractivity contribution >= 4 is 16.1 Å². The Balaban J connectivity index is 3.91. The van der Waals surface area contributed by atoms with E-state index < -0.39 is 28.3 Å². The van der Waals surface area contributed by atoms with Gasteiger partial charge in [-0.1, -0.05) is 13.0 Å². The second-order valence-electron chi connectivity index (χ2n) is 2.71. The average molecular weight is 237 g/mol. The first-order chi connectivity index (χ1) is 6.90. The molecule has 1 atom stereocenters. The molecule has 0 aliphatic carbocycles. The number of hydrogen-bond acceptors (Lipinski definition) is 6. The van der Waals surface area contributed by atoms with E-state index in [1.807, 2.05) is 6.92 Å². The number of rotatable bonds is 6. The molecule has 0 bridgehead atoms. The van der Waals surface area contributed by atoms with Crippen LogP contribution in [0.2, 0.25) is 0 Å². The van der Waals surface area contributed by atoms with Gasteiger partial charge in [-0.25, -0.2) is 8.98 Å². The zero-order valence-electron chi connectivity index (χ0n) is 8.67. The molecule has 1 unspecified atom stereocenters. The van der Waals surface area contributed by atoms with Crippen LogP contribution in [0.25, 0.3) is 0 Å². The number of nitrogens with two attached hydrogens (primary N) is 1. The summed E-state index contributed by atoms with van der Waals surface area (Å²) in [5.74, 6) is -0.656. The number of allylic oxidation sites excluding steroid dienone is 1. The molecule has 0 saturated heterocycles. The van der Waals surface area contributed by atoms with Crippen molar-refractivity contribution in [2.24, 2.45) is 5.73 Å². The van der Waals surface area contributed by atoms with Crippen LogP contribution in [0, 0.1) is 0 Å². The van der Waals surface area contributed by atoms with Crippen LogP contribution in [0.3, 0.4) is 0 Å². The molecular weight excluding hydrogens is 222 g/mol. The Labute approximate surface area is 89.2 Å². The van der Waals surface area contributed by atoms with Crippen LogP contribution in [0.15, 0.2) is 12.2 Å². The Morgan fingerprint density at radius 3 is 2.60 bits per heavy atom. The molecule has 0 aromatic heterocycles. The van der Waals surface area contributed by atoms with Crippen molar-refractivity contribution in [3.63, 3.8) is 0 Å². The molecule has 0 spiro atoms. The summed E-state index contributed by atoms with van der Waals surface area (Å²) in [6, 6.07) is 0. The number of carbonyl (C=O) groups excluding carboxylic acids is 1. The normalized spacial score (nSPS) is 14.1. The summed E-state index contributed by atoms with van der Waals surface area (Å²) in [5, 5.41) is -1.15. The maximum Gasteiger partial charge on any atom is 0.332 e. The predicted molar refractivity (Wildman–Crippen MR) is 54.0 cm³/mol. The molecule has 0 amide bonds. The van der Waals surface area contributed by atoms with Crippen LogP contribution in [0.1, 0.15) is 20.3 Å². The zero-order valence-corrected chi connectivity index (χ0v) is 9.49. The lowest BCUT2D eigenvalue weighted by Crippen LogP contribution is -2.29. The van der Waals surface area contributed by atoms with Crippen LogP contribution in [-0.4, -0.2) is 26.6 Å². The highest BCUT2D eigenvalue weighted by molar-refractivity contribution is 7.87. The quantitative estimate of drug-likeness (QED) is 0.305. The van der Waals surface area contributed by atoms with E-state index in [9.17, 15) is 13.2 Å². The van der Waals surface area contributed by atoms with Crippen LogP contribution < -0.4 is 5.73 Å². The largest absolute Gasteiger partial charge is 0.434 e. The Morgan fingerprint density at radius 2 is 2.13 bits per heavy atom. The summed E-state index contributed by atoms with van der Waals surface area (Å²) in [4.78, 5) is 10.8. The van der Waals surface area contributed by atoms with Crippen molar-refractivity contribution in [1.82, 2.24) is 0 Å². The van der Waals surface area contributed by atoms with Gasteiger partial charge in [-0.05, 0) is 13.3 Å². The Hall–Kier alpha value is -0.920. The lowest BCUT2D eigenvalue weighted by Gasteiger charge is -2.07. The van der Waals surface area contributed by atoms with Gasteiger partial charge in [-0.3, -0.25) is 0 Å². The fourth-order valence-corrected chi connectivity index (χ4v) is 0.916. The lowest BCUT2D eigenvalue weighted by atomic mass is 10.4. The summed E-state index contributed by atoms with van der Waals surface area (Å²) in [6.45, 7) is 2.45. The first kappa shape index (κ1) is 14.1. The third-order valence-electron chi connectivity index (χ3n) is 1.36. The SMILES string of the molecule is CCC=CC(=O)OCOS(=O)(=O)C(C)N. The van der Waals surface area contributed by atoms with Crippen molar-refractivity contribution < 1.29 is 22.1 Å². The van der Waals surface area contributed by atoms with Crippen molar-refractivity contribution in [3.8, 4) is 0 Å². The third kappa shape index (κ3) is 6.21. The highest BCUT2D eigenvalue weighted by atomic mass is 32.2. The molecule has 6 nitrogen and oxygen atoms in total. The fraction of sp³-hybridized carbons (Fsp3) is 0.625. The van der Waals surface area contributed by atoms with E-state index in [1.54, 1.807) is 6.08 Å². The highest BCUT2D eigenvalue weighted by Gasteiger charge is 2.17. The molecule has 0 radical (unpaired) electrons. The predicted octanol–water partition coefficient (Wildman–Crippen LogP) is 0.104. The summed E-state index contributed by atoms with van der Waals surface area (Å²) in [7, 11) is -3.84. The summed E-state index contributed by atoms with van der Waals surface area (Å²) in [6.07, 6.45) is 3.47. The molecule has 0 aromatic carbocycles. The Morgan fingerprint density at radius 1 is 1.53 bits per heavy atom. The van der Waals surface area contributed by atoms with Crippen molar-refractivity contribution in [3.05, 3.63) is 12.2 Å². The number of carbonyl (C=O) groups is 1. The smallest absolute Gasteiger partial charge is 0.332 e. The van der Waals surface area contributed by atoms with Crippen molar-refractivity contribution in [2.45, 2.75) is 25.6 Å². The summed E-state index contributed by atoms with van der Waals surface area (Å²) >= 11 is 0. The highest BCUT2D eigenvalue weighted by Crippen LogP contribution is 1.98. The molecule has 7 heteroatoms. The molecule has 0 rings (SSSR count). The number of ether oxygens (including phenoxy) is 1. The van der Waals surface area contributed by atoms with E-state index in [2.05, 4.69) is 8.92 Å². The molecule has 15 heavy (non-hydrogen) atoms. The third-order valence-corrected chi connectivity index (χ3v) is 2.69. The number of esters is 1.